The van der Waals surface area contributed by atoms with Gasteiger partial charge < -0.3 is 19.2 Å². The van der Waals surface area contributed by atoms with Crippen molar-refractivity contribution in [3.63, 3.8) is 0 Å². The fraction of sp³-hybridized carbons (Fsp3) is 0.238. The van der Waals surface area contributed by atoms with Gasteiger partial charge in [0.05, 0.1) is 18.2 Å². The van der Waals surface area contributed by atoms with Crippen molar-refractivity contribution in [3.05, 3.63) is 65.9 Å². The quantitative estimate of drug-likeness (QED) is 0.642. The molecule has 0 saturated carbocycles. The maximum absolute atomic E-state index is 12.1. The summed E-state index contributed by atoms with van der Waals surface area (Å²) in [5.41, 5.74) is 1.12. The molecule has 0 bridgehead atoms. The lowest BCUT2D eigenvalue weighted by atomic mass is 10.2. The van der Waals surface area contributed by atoms with Gasteiger partial charge in [-0.2, -0.15) is 0 Å². The van der Waals surface area contributed by atoms with E-state index in [2.05, 4.69) is 5.32 Å². The van der Waals surface area contributed by atoms with Gasteiger partial charge in [-0.25, -0.2) is 4.79 Å². The minimum Gasteiger partial charge on any atom is -0.494 e. The Morgan fingerprint density at radius 2 is 1.85 bits per heavy atom. The van der Waals surface area contributed by atoms with Crippen LogP contribution in [0.2, 0.25) is 0 Å². The molecule has 27 heavy (non-hydrogen) atoms. The molecule has 3 rings (SSSR count). The average Bonchev–Trinajstić information content (AvgIpc) is 3.11. The molecule has 1 N–H and O–H groups in total. The number of nitrogens with one attached hydrogen (secondary N) is 1. The van der Waals surface area contributed by atoms with Crippen LogP contribution in [0.4, 0.5) is 0 Å². The lowest BCUT2D eigenvalue weighted by Gasteiger charge is -2.11. The monoisotopic (exact) mass is 367 g/mol. The van der Waals surface area contributed by atoms with Crippen LogP contribution < -0.4 is 10.1 Å². The van der Waals surface area contributed by atoms with E-state index in [1.807, 2.05) is 44.2 Å². The number of hydrogen-bond acceptors (Lipinski definition) is 5. The number of fused-ring (bicyclic) bond motifs is 1. The van der Waals surface area contributed by atoms with E-state index in [0.29, 0.717) is 23.7 Å². The topological polar surface area (TPSA) is 77.8 Å². The summed E-state index contributed by atoms with van der Waals surface area (Å²) in [6.45, 7) is 3.88. The fourth-order valence-electron chi connectivity index (χ4n) is 2.64. The van der Waals surface area contributed by atoms with E-state index in [1.165, 1.54) is 0 Å². The molecule has 6 nitrogen and oxygen atoms in total. The Labute approximate surface area is 157 Å². The van der Waals surface area contributed by atoms with Gasteiger partial charge >= 0.3 is 5.97 Å². The second kappa shape index (κ2) is 8.40. The van der Waals surface area contributed by atoms with Crippen molar-refractivity contribution in [1.29, 1.82) is 0 Å². The highest BCUT2D eigenvalue weighted by Gasteiger charge is 2.16. The molecule has 6 heteroatoms. The van der Waals surface area contributed by atoms with Crippen LogP contribution in [0.5, 0.6) is 5.75 Å². The lowest BCUT2D eigenvalue weighted by Crippen LogP contribution is -2.31. The highest BCUT2D eigenvalue weighted by atomic mass is 16.5. The van der Waals surface area contributed by atoms with Crippen molar-refractivity contribution in [3.8, 4) is 5.75 Å². The Bertz CT molecular complexity index is 896. The van der Waals surface area contributed by atoms with Crippen LogP contribution in [0.1, 0.15) is 36.0 Å². The molecular formula is C21H21NO5. The Hall–Kier alpha value is -3.28. The maximum atomic E-state index is 12.1. The second-order valence-electron chi connectivity index (χ2n) is 6.01. The molecule has 0 fully saturated rings. The van der Waals surface area contributed by atoms with Gasteiger partial charge in [0, 0.05) is 5.39 Å². The number of benzene rings is 2. The van der Waals surface area contributed by atoms with Gasteiger partial charge in [0.25, 0.3) is 5.91 Å². The summed E-state index contributed by atoms with van der Waals surface area (Å²) in [4.78, 5) is 24.1. The SMILES string of the molecule is CCOc1ccc(C(=O)OCC(=O)N[C@@H](C)c2cc3ccccc3o2)cc1. The van der Waals surface area contributed by atoms with E-state index in [9.17, 15) is 9.59 Å². The van der Waals surface area contributed by atoms with E-state index in [-0.39, 0.29) is 12.6 Å². The molecule has 0 unspecified atom stereocenters. The average molecular weight is 367 g/mol. The van der Waals surface area contributed by atoms with Crippen LogP contribution in [0.25, 0.3) is 11.0 Å². The Kier molecular flexibility index (Phi) is 5.76. The van der Waals surface area contributed by atoms with Gasteiger partial charge in [-0.1, -0.05) is 18.2 Å². The largest absolute Gasteiger partial charge is 0.494 e. The first kappa shape index (κ1) is 18.5. The highest BCUT2D eigenvalue weighted by Crippen LogP contribution is 2.23. The zero-order valence-electron chi connectivity index (χ0n) is 15.2. The fourth-order valence-corrected chi connectivity index (χ4v) is 2.64. The highest BCUT2D eigenvalue weighted by molar-refractivity contribution is 5.91. The van der Waals surface area contributed by atoms with Crippen LogP contribution in [0.15, 0.2) is 59.0 Å². The summed E-state index contributed by atoms with van der Waals surface area (Å²) in [7, 11) is 0. The lowest BCUT2D eigenvalue weighted by molar-refractivity contribution is -0.125. The van der Waals surface area contributed by atoms with Crippen molar-refractivity contribution in [1.82, 2.24) is 5.32 Å². The number of carbonyl (C=O) groups is 2. The number of esters is 1. The third kappa shape index (κ3) is 4.67. The van der Waals surface area contributed by atoms with Gasteiger partial charge in [-0.3, -0.25) is 4.79 Å². The summed E-state index contributed by atoms with van der Waals surface area (Å²) >= 11 is 0. The Morgan fingerprint density at radius 1 is 1.11 bits per heavy atom. The number of hydrogen-bond donors (Lipinski definition) is 1. The van der Waals surface area contributed by atoms with Crippen LogP contribution >= 0.6 is 0 Å². The van der Waals surface area contributed by atoms with Gasteiger partial charge in [0.2, 0.25) is 0 Å². The molecule has 0 aliphatic carbocycles. The molecule has 140 valence electrons. The first-order valence-electron chi connectivity index (χ1n) is 8.74. The molecule has 1 atom stereocenters. The number of ether oxygens (including phenoxy) is 2. The molecule has 3 aromatic rings. The van der Waals surface area contributed by atoms with Crippen LogP contribution in [-0.4, -0.2) is 25.1 Å². The van der Waals surface area contributed by atoms with E-state index < -0.39 is 11.9 Å². The van der Waals surface area contributed by atoms with Gasteiger partial charge in [-0.15, -0.1) is 0 Å². The van der Waals surface area contributed by atoms with Crippen LogP contribution in [0, 0.1) is 0 Å². The van der Waals surface area contributed by atoms with Gasteiger partial charge in [-0.05, 0) is 50.2 Å². The first-order chi connectivity index (χ1) is 13.1. The number of amides is 1. The molecule has 0 radical (unpaired) electrons. The van der Waals surface area contributed by atoms with E-state index in [4.69, 9.17) is 13.9 Å². The van der Waals surface area contributed by atoms with Crippen LogP contribution in [-0.2, 0) is 9.53 Å². The molecule has 0 saturated heterocycles. The van der Waals surface area contributed by atoms with Crippen molar-refractivity contribution >= 4 is 22.8 Å². The van der Waals surface area contributed by atoms with Gasteiger partial charge in [0.1, 0.15) is 17.1 Å². The summed E-state index contributed by atoms with van der Waals surface area (Å²) in [5.74, 6) is 0.348. The number of para-hydroxylation sites is 1. The van der Waals surface area contributed by atoms with E-state index >= 15 is 0 Å². The summed E-state index contributed by atoms with van der Waals surface area (Å²) < 4.78 is 16.1. The van der Waals surface area contributed by atoms with Crippen molar-refractivity contribution < 1.29 is 23.5 Å². The molecule has 1 amide bonds. The minimum absolute atomic E-state index is 0.339. The van der Waals surface area contributed by atoms with Crippen molar-refractivity contribution in [2.45, 2.75) is 19.9 Å². The third-order valence-electron chi connectivity index (χ3n) is 3.98. The van der Waals surface area contributed by atoms with Gasteiger partial charge in [0.15, 0.2) is 6.61 Å². The molecule has 1 aromatic heterocycles. The molecule has 1 heterocycles. The van der Waals surface area contributed by atoms with Crippen molar-refractivity contribution in [2.75, 3.05) is 13.2 Å². The maximum Gasteiger partial charge on any atom is 0.338 e. The molecule has 0 spiro atoms. The third-order valence-corrected chi connectivity index (χ3v) is 3.98. The zero-order valence-corrected chi connectivity index (χ0v) is 15.2. The van der Waals surface area contributed by atoms with E-state index in [0.717, 1.165) is 11.0 Å². The smallest absolute Gasteiger partial charge is 0.338 e. The molecule has 0 aliphatic rings. The number of rotatable bonds is 7. The minimum atomic E-state index is -0.565. The molecule has 0 aliphatic heterocycles. The molecule has 2 aromatic carbocycles. The number of furan rings is 1. The molecular weight excluding hydrogens is 346 g/mol. The number of carbonyl (C=O) groups excluding carboxylic acids is 2. The summed E-state index contributed by atoms with van der Waals surface area (Å²) in [6.07, 6.45) is 0. The summed E-state index contributed by atoms with van der Waals surface area (Å²) in [6, 6.07) is 15.7. The predicted octanol–water partition coefficient (Wildman–Crippen LogP) is 3.87. The summed E-state index contributed by atoms with van der Waals surface area (Å²) in [5, 5.41) is 3.73. The standard InChI is InChI=1S/C21H21NO5/c1-3-25-17-10-8-15(9-11-17)21(24)26-13-20(23)22-14(2)19-12-16-6-4-5-7-18(16)27-19/h4-12,14H,3,13H2,1-2H3,(H,22,23)/t14-/m0/s1. The van der Waals surface area contributed by atoms with Crippen LogP contribution in [0.3, 0.4) is 0 Å². The second-order valence-corrected chi connectivity index (χ2v) is 6.01. The van der Waals surface area contributed by atoms with E-state index in [1.54, 1.807) is 24.3 Å². The Balaban J connectivity index is 1.51. The zero-order chi connectivity index (χ0) is 19.2. The normalized spacial score (nSPS) is 11.8. The predicted molar refractivity (Wildman–Crippen MR) is 101 cm³/mol. The van der Waals surface area contributed by atoms with Crippen molar-refractivity contribution in [2.24, 2.45) is 0 Å². The first-order valence-corrected chi connectivity index (χ1v) is 8.74. The Morgan fingerprint density at radius 3 is 2.56 bits per heavy atom.